The highest BCUT2D eigenvalue weighted by Crippen LogP contribution is 2.39. The van der Waals surface area contributed by atoms with Gasteiger partial charge in [0.2, 0.25) is 0 Å². The fourth-order valence-corrected chi connectivity index (χ4v) is 2.53. The van der Waals surface area contributed by atoms with Gasteiger partial charge >= 0.3 is 0 Å². The number of benzene rings is 1. The quantitative estimate of drug-likeness (QED) is 0.799. The summed E-state index contributed by atoms with van der Waals surface area (Å²) < 4.78 is 26.3. The Labute approximate surface area is 88.3 Å². The molecule has 1 aliphatic carbocycles. The van der Waals surface area contributed by atoms with Crippen LogP contribution in [0.5, 0.6) is 0 Å². The number of hydrogen-bond donors (Lipinski definition) is 1. The summed E-state index contributed by atoms with van der Waals surface area (Å²) in [6.45, 7) is 0.585. The molecule has 2 N–H and O–H groups in total. The molecule has 2 unspecified atom stereocenters. The summed E-state index contributed by atoms with van der Waals surface area (Å²) in [5.74, 6) is -0.417. The molecule has 15 heavy (non-hydrogen) atoms. The third-order valence-electron chi connectivity index (χ3n) is 3.32. The van der Waals surface area contributed by atoms with Crippen molar-refractivity contribution in [3.8, 4) is 0 Å². The minimum atomic E-state index is -0.515. The molecule has 0 amide bonds. The van der Waals surface area contributed by atoms with Crippen molar-refractivity contribution in [3.05, 3.63) is 35.4 Å². The molecule has 1 saturated carbocycles. The van der Waals surface area contributed by atoms with E-state index >= 15 is 0 Å². The van der Waals surface area contributed by atoms with E-state index in [4.69, 9.17) is 5.73 Å². The second kappa shape index (κ2) is 4.27. The van der Waals surface area contributed by atoms with Gasteiger partial charge in [0.05, 0.1) is 0 Å². The van der Waals surface area contributed by atoms with E-state index in [9.17, 15) is 8.78 Å². The number of nitrogens with two attached hydrogens (primary N) is 1. The molecule has 0 spiro atoms. The first-order chi connectivity index (χ1) is 7.22. The number of halogens is 2. The van der Waals surface area contributed by atoms with Crippen LogP contribution in [0.4, 0.5) is 8.78 Å². The molecule has 2 atom stereocenters. The van der Waals surface area contributed by atoms with Crippen molar-refractivity contribution < 1.29 is 8.78 Å². The van der Waals surface area contributed by atoms with E-state index in [1.165, 1.54) is 6.07 Å². The Morgan fingerprint density at radius 1 is 1.27 bits per heavy atom. The predicted molar refractivity (Wildman–Crippen MR) is 55.5 cm³/mol. The fourth-order valence-electron chi connectivity index (χ4n) is 2.53. The molecule has 3 heteroatoms. The maximum atomic E-state index is 13.5. The number of rotatable bonds is 2. The van der Waals surface area contributed by atoms with Crippen molar-refractivity contribution in [2.75, 3.05) is 6.54 Å². The SMILES string of the molecule is NCC1CCCC1c1ccc(F)cc1F. The molecule has 1 fully saturated rings. The van der Waals surface area contributed by atoms with Crippen LogP contribution < -0.4 is 5.73 Å². The summed E-state index contributed by atoms with van der Waals surface area (Å²) in [6.07, 6.45) is 3.10. The maximum absolute atomic E-state index is 13.5. The first kappa shape index (κ1) is 10.6. The Hall–Kier alpha value is -0.960. The van der Waals surface area contributed by atoms with Gasteiger partial charge in [0.15, 0.2) is 0 Å². The molecule has 0 aromatic heterocycles. The standard InChI is InChI=1S/C12H15F2N/c13-9-4-5-11(12(14)6-9)10-3-1-2-8(10)7-15/h4-6,8,10H,1-3,7,15H2. The second-order valence-corrected chi connectivity index (χ2v) is 4.20. The summed E-state index contributed by atoms with van der Waals surface area (Å²) in [4.78, 5) is 0. The Morgan fingerprint density at radius 2 is 2.07 bits per heavy atom. The summed E-state index contributed by atoms with van der Waals surface area (Å²) in [6, 6.07) is 3.84. The van der Waals surface area contributed by atoms with E-state index in [0.717, 1.165) is 25.3 Å². The molecule has 0 radical (unpaired) electrons. The lowest BCUT2D eigenvalue weighted by molar-refractivity contribution is 0.470. The largest absolute Gasteiger partial charge is 0.330 e. The zero-order valence-corrected chi connectivity index (χ0v) is 8.55. The van der Waals surface area contributed by atoms with E-state index in [0.29, 0.717) is 18.0 Å². The summed E-state index contributed by atoms with van der Waals surface area (Å²) in [7, 11) is 0. The Kier molecular flexibility index (Phi) is 3.00. The first-order valence-electron chi connectivity index (χ1n) is 5.37. The van der Waals surface area contributed by atoms with Crippen LogP contribution in [0.1, 0.15) is 30.7 Å². The molecule has 82 valence electrons. The molecule has 0 heterocycles. The third-order valence-corrected chi connectivity index (χ3v) is 3.32. The minimum Gasteiger partial charge on any atom is -0.330 e. The summed E-state index contributed by atoms with van der Waals surface area (Å²) in [5.41, 5.74) is 6.27. The molecule has 1 aliphatic rings. The van der Waals surface area contributed by atoms with Crippen LogP contribution in [-0.4, -0.2) is 6.54 Å². The van der Waals surface area contributed by atoms with Crippen LogP contribution in [0.2, 0.25) is 0 Å². The van der Waals surface area contributed by atoms with Gasteiger partial charge in [0.25, 0.3) is 0 Å². The molecule has 1 aromatic carbocycles. The van der Waals surface area contributed by atoms with E-state index in [1.54, 1.807) is 6.07 Å². The Morgan fingerprint density at radius 3 is 2.73 bits per heavy atom. The molecule has 0 aliphatic heterocycles. The first-order valence-corrected chi connectivity index (χ1v) is 5.37. The topological polar surface area (TPSA) is 26.0 Å². The van der Waals surface area contributed by atoms with Gasteiger partial charge in [0.1, 0.15) is 11.6 Å². The van der Waals surface area contributed by atoms with Crippen LogP contribution in [0.25, 0.3) is 0 Å². The third kappa shape index (κ3) is 2.02. The van der Waals surface area contributed by atoms with Crippen molar-refractivity contribution in [3.63, 3.8) is 0 Å². The normalized spacial score (nSPS) is 25.8. The molecular weight excluding hydrogens is 196 g/mol. The lowest BCUT2D eigenvalue weighted by atomic mass is 9.88. The van der Waals surface area contributed by atoms with Gasteiger partial charge in [-0.25, -0.2) is 8.78 Å². The van der Waals surface area contributed by atoms with E-state index in [-0.39, 0.29) is 5.92 Å². The second-order valence-electron chi connectivity index (χ2n) is 4.20. The van der Waals surface area contributed by atoms with Crippen molar-refractivity contribution in [1.82, 2.24) is 0 Å². The van der Waals surface area contributed by atoms with Gasteiger partial charge in [-0.1, -0.05) is 12.5 Å². The van der Waals surface area contributed by atoms with Crippen LogP contribution >= 0.6 is 0 Å². The van der Waals surface area contributed by atoms with Crippen molar-refractivity contribution in [2.24, 2.45) is 11.7 Å². The zero-order valence-electron chi connectivity index (χ0n) is 8.55. The highest BCUT2D eigenvalue weighted by atomic mass is 19.1. The highest BCUT2D eigenvalue weighted by Gasteiger charge is 2.29. The van der Waals surface area contributed by atoms with Gasteiger partial charge in [0, 0.05) is 6.07 Å². The van der Waals surface area contributed by atoms with Crippen molar-refractivity contribution >= 4 is 0 Å². The van der Waals surface area contributed by atoms with Crippen LogP contribution in [0.15, 0.2) is 18.2 Å². The van der Waals surface area contributed by atoms with Crippen molar-refractivity contribution in [1.29, 1.82) is 0 Å². The molecular formula is C12H15F2N. The Balaban J connectivity index is 2.28. The molecule has 1 nitrogen and oxygen atoms in total. The van der Waals surface area contributed by atoms with Crippen molar-refractivity contribution in [2.45, 2.75) is 25.2 Å². The highest BCUT2D eigenvalue weighted by molar-refractivity contribution is 5.24. The van der Waals surface area contributed by atoms with Gasteiger partial charge in [-0.05, 0) is 42.9 Å². The van der Waals surface area contributed by atoms with Gasteiger partial charge in [-0.15, -0.1) is 0 Å². The smallest absolute Gasteiger partial charge is 0.129 e. The lowest BCUT2D eigenvalue weighted by Gasteiger charge is -2.18. The van der Waals surface area contributed by atoms with Gasteiger partial charge < -0.3 is 5.73 Å². The molecule has 0 bridgehead atoms. The molecule has 0 saturated heterocycles. The average molecular weight is 211 g/mol. The summed E-state index contributed by atoms with van der Waals surface area (Å²) in [5, 5.41) is 0. The van der Waals surface area contributed by atoms with E-state index in [1.807, 2.05) is 0 Å². The average Bonchev–Trinajstić information content (AvgIpc) is 2.65. The zero-order chi connectivity index (χ0) is 10.8. The van der Waals surface area contributed by atoms with Gasteiger partial charge in [-0.2, -0.15) is 0 Å². The molecule has 1 aromatic rings. The Bertz CT molecular complexity index is 351. The van der Waals surface area contributed by atoms with Crippen LogP contribution in [0.3, 0.4) is 0 Å². The maximum Gasteiger partial charge on any atom is 0.129 e. The van der Waals surface area contributed by atoms with Gasteiger partial charge in [-0.3, -0.25) is 0 Å². The van der Waals surface area contributed by atoms with E-state index in [2.05, 4.69) is 0 Å². The van der Waals surface area contributed by atoms with Crippen LogP contribution in [-0.2, 0) is 0 Å². The fraction of sp³-hybridized carbons (Fsp3) is 0.500. The molecule has 2 rings (SSSR count). The summed E-state index contributed by atoms with van der Waals surface area (Å²) >= 11 is 0. The van der Waals surface area contributed by atoms with E-state index < -0.39 is 11.6 Å². The minimum absolute atomic E-state index is 0.176. The monoisotopic (exact) mass is 211 g/mol. The van der Waals surface area contributed by atoms with Crippen LogP contribution in [0, 0.1) is 17.6 Å². The predicted octanol–water partition coefficient (Wildman–Crippen LogP) is 2.81. The number of hydrogen-bond acceptors (Lipinski definition) is 1. The lowest BCUT2D eigenvalue weighted by Crippen LogP contribution is -2.18.